The molecule has 2 unspecified atom stereocenters. The lowest BCUT2D eigenvalue weighted by Crippen LogP contribution is -2.25. The minimum atomic E-state index is -0.565. The van der Waals surface area contributed by atoms with Crippen LogP contribution in [0, 0.1) is 0 Å². The summed E-state index contributed by atoms with van der Waals surface area (Å²) in [4.78, 5) is 33.6. The number of nitrogens with zero attached hydrogens (tertiary/aromatic N) is 5. The third kappa shape index (κ3) is 6.81. The highest BCUT2D eigenvalue weighted by atomic mass is 16.5. The van der Waals surface area contributed by atoms with E-state index in [1.807, 2.05) is 95.9 Å². The molecular formula is C35H37N7O3. The summed E-state index contributed by atoms with van der Waals surface area (Å²) in [5, 5.41) is 4.14. The van der Waals surface area contributed by atoms with Gasteiger partial charge in [0.2, 0.25) is 5.91 Å². The Labute approximate surface area is 261 Å². The molecule has 2 atom stereocenters. The van der Waals surface area contributed by atoms with Gasteiger partial charge in [0.25, 0.3) is 5.91 Å². The molecule has 6 aromatic rings. The molecule has 0 fully saturated rings. The van der Waals surface area contributed by atoms with Crippen molar-refractivity contribution < 1.29 is 14.3 Å². The zero-order valence-electron chi connectivity index (χ0n) is 25.5. The van der Waals surface area contributed by atoms with Crippen LogP contribution in [0.3, 0.4) is 0 Å². The lowest BCUT2D eigenvalue weighted by Gasteiger charge is -2.26. The minimum Gasteiger partial charge on any atom is -0.372 e. The Kier molecular flexibility index (Phi) is 8.74. The van der Waals surface area contributed by atoms with Gasteiger partial charge >= 0.3 is 0 Å². The first-order chi connectivity index (χ1) is 21.9. The van der Waals surface area contributed by atoms with Crippen molar-refractivity contribution in [2.24, 2.45) is 12.8 Å². The van der Waals surface area contributed by atoms with Crippen LogP contribution in [0.5, 0.6) is 0 Å². The van der Waals surface area contributed by atoms with E-state index in [4.69, 9.17) is 10.5 Å². The van der Waals surface area contributed by atoms with Crippen LogP contribution in [-0.2, 0) is 36.2 Å². The van der Waals surface area contributed by atoms with Gasteiger partial charge in [-0.15, -0.1) is 0 Å². The number of ether oxygens (including phenoxy) is 1. The molecule has 3 aromatic carbocycles. The van der Waals surface area contributed by atoms with Gasteiger partial charge in [-0.2, -0.15) is 0 Å². The number of carbonyl (C=O) groups is 2. The van der Waals surface area contributed by atoms with Crippen LogP contribution < -0.4 is 11.1 Å². The maximum atomic E-state index is 12.9. The number of aromatic nitrogens is 5. The van der Waals surface area contributed by atoms with E-state index in [0.29, 0.717) is 32.4 Å². The van der Waals surface area contributed by atoms with E-state index in [-0.39, 0.29) is 23.7 Å². The second-order valence-electron chi connectivity index (χ2n) is 11.3. The molecule has 230 valence electrons. The van der Waals surface area contributed by atoms with Gasteiger partial charge in [0.05, 0.1) is 41.6 Å². The first-order valence-corrected chi connectivity index (χ1v) is 15.1. The predicted molar refractivity (Wildman–Crippen MR) is 175 cm³/mol. The van der Waals surface area contributed by atoms with Gasteiger partial charge in [0.1, 0.15) is 11.5 Å². The molecule has 3 N–H and O–H groups in total. The van der Waals surface area contributed by atoms with Crippen LogP contribution in [-0.4, -0.2) is 41.6 Å². The molecule has 0 aliphatic carbocycles. The van der Waals surface area contributed by atoms with Crippen LogP contribution in [0.25, 0.3) is 21.9 Å². The van der Waals surface area contributed by atoms with Crippen molar-refractivity contribution in [3.63, 3.8) is 0 Å². The normalized spacial score (nSPS) is 12.8. The molecule has 0 saturated carbocycles. The zero-order valence-corrected chi connectivity index (χ0v) is 25.5. The average Bonchev–Trinajstić information content (AvgIpc) is 3.78. The van der Waals surface area contributed by atoms with Crippen molar-refractivity contribution in [1.29, 1.82) is 0 Å². The van der Waals surface area contributed by atoms with Crippen LogP contribution in [0.4, 0.5) is 5.69 Å². The van der Waals surface area contributed by atoms with E-state index in [0.717, 1.165) is 39.0 Å². The summed E-state index contributed by atoms with van der Waals surface area (Å²) in [6.07, 6.45) is 6.80. The number of rotatable bonds is 13. The van der Waals surface area contributed by atoms with Gasteiger partial charge in [0.15, 0.2) is 0 Å². The lowest BCUT2D eigenvalue weighted by molar-refractivity contribution is -0.116. The maximum absolute atomic E-state index is 12.9. The number of amides is 2. The van der Waals surface area contributed by atoms with Gasteiger partial charge in [0, 0.05) is 44.5 Å². The van der Waals surface area contributed by atoms with Gasteiger partial charge in [-0.25, -0.2) is 9.97 Å². The summed E-state index contributed by atoms with van der Waals surface area (Å²) in [5.74, 6) is 0.257. The third-order valence-electron chi connectivity index (χ3n) is 8.31. The number of nitrogens with two attached hydrogens (primary N) is 1. The first-order valence-electron chi connectivity index (χ1n) is 15.1. The smallest absolute Gasteiger partial charge is 0.268 e. The molecule has 0 bridgehead atoms. The van der Waals surface area contributed by atoms with E-state index in [2.05, 4.69) is 32.1 Å². The molecule has 2 amide bonds. The number of para-hydroxylation sites is 2. The van der Waals surface area contributed by atoms with E-state index in [9.17, 15) is 9.59 Å². The molecule has 0 saturated heterocycles. The molecule has 0 aliphatic rings. The summed E-state index contributed by atoms with van der Waals surface area (Å²) >= 11 is 0. The molecule has 10 heteroatoms. The topological polar surface area (TPSA) is 122 Å². The summed E-state index contributed by atoms with van der Waals surface area (Å²) in [5.41, 5.74) is 10.5. The van der Waals surface area contributed by atoms with Crippen molar-refractivity contribution >= 4 is 39.4 Å². The summed E-state index contributed by atoms with van der Waals surface area (Å²) < 4.78 is 12.4. The van der Waals surface area contributed by atoms with Crippen LogP contribution in [0.1, 0.15) is 47.7 Å². The fraction of sp³-hybridized carbons (Fsp3) is 0.257. The average molecular weight is 604 g/mol. The lowest BCUT2D eigenvalue weighted by atomic mass is 10.1. The number of benzene rings is 3. The van der Waals surface area contributed by atoms with Crippen molar-refractivity contribution in [1.82, 2.24) is 23.7 Å². The monoisotopic (exact) mass is 603 g/mol. The van der Waals surface area contributed by atoms with Crippen LogP contribution in [0.2, 0.25) is 0 Å². The van der Waals surface area contributed by atoms with Crippen molar-refractivity contribution in [3.05, 3.63) is 115 Å². The number of hydrogen-bond acceptors (Lipinski definition) is 5. The minimum absolute atomic E-state index is 0.0608. The van der Waals surface area contributed by atoms with E-state index < -0.39 is 5.91 Å². The largest absolute Gasteiger partial charge is 0.372 e. The molecule has 45 heavy (non-hydrogen) atoms. The van der Waals surface area contributed by atoms with E-state index >= 15 is 0 Å². The van der Waals surface area contributed by atoms with Gasteiger partial charge in [-0.1, -0.05) is 48.5 Å². The predicted octanol–water partition coefficient (Wildman–Crippen LogP) is 5.63. The number of aryl methyl sites for hydroxylation is 3. The standard InChI is InChI=1S/C35H37N7O3/c1-24(45-22-25-8-4-3-5-9-25)30(42-21-29(35(36)44)37-23-42)17-19-41-18-16-26-12-13-27(20-32(26)41)38-34(43)15-14-33-39-28-10-6-7-11-31(28)40(33)2/h3-13,16,18,20-21,23-24,30H,14-15,17,19,22H2,1-2H3,(H2,36,44)(H,38,43). The highest BCUT2D eigenvalue weighted by Gasteiger charge is 2.22. The zero-order chi connectivity index (χ0) is 31.3. The fourth-order valence-corrected chi connectivity index (χ4v) is 5.78. The van der Waals surface area contributed by atoms with Gasteiger partial charge in [-0.05, 0) is 54.6 Å². The number of nitrogens with one attached hydrogen (secondary N) is 1. The Morgan fingerprint density at radius 2 is 1.80 bits per heavy atom. The Bertz CT molecular complexity index is 1940. The van der Waals surface area contributed by atoms with E-state index in [1.165, 1.54) is 0 Å². The number of anilines is 1. The molecule has 10 nitrogen and oxygen atoms in total. The highest BCUT2D eigenvalue weighted by molar-refractivity contribution is 5.94. The first kappa shape index (κ1) is 29.8. The Balaban J connectivity index is 1.13. The van der Waals surface area contributed by atoms with E-state index in [1.54, 1.807) is 12.5 Å². The molecule has 3 heterocycles. The second-order valence-corrected chi connectivity index (χ2v) is 11.3. The maximum Gasteiger partial charge on any atom is 0.268 e. The molecular weight excluding hydrogens is 566 g/mol. The summed E-state index contributed by atoms with van der Waals surface area (Å²) in [7, 11) is 1.98. The quantitative estimate of drug-likeness (QED) is 0.177. The van der Waals surface area contributed by atoms with Crippen LogP contribution in [0.15, 0.2) is 97.6 Å². The molecule has 3 aromatic heterocycles. The number of imidazole rings is 2. The van der Waals surface area contributed by atoms with Crippen molar-refractivity contribution in [2.45, 2.75) is 51.5 Å². The fourth-order valence-electron chi connectivity index (χ4n) is 5.78. The number of hydrogen-bond donors (Lipinski definition) is 2. The Morgan fingerprint density at radius 3 is 2.58 bits per heavy atom. The number of carbonyl (C=O) groups excluding carboxylic acids is 2. The van der Waals surface area contributed by atoms with Crippen molar-refractivity contribution in [3.8, 4) is 0 Å². The van der Waals surface area contributed by atoms with Gasteiger partial charge < -0.3 is 29.5 Å². The Hall–Kier alpha value is -5.22. The number of fused-ring (bicyclic) bond motifs is 2. The number of primary amides is 1. The SMILES string of the molecule is CC(OCc1ccccc1)C(CCn1ccc2ccc(NC(=O)CCc3nc4ccccc4n3C)cc21)n1cnc(C(N)=O)c1. The molecule has 6 rings (SSSR count). The highest BCUT2D eigenvalue weighted by Crippen LogP contribution is 2.26. The van der Waals surface area contributed by atoms with Crippen molar-refractivity contribution in [2.75, 3.05) is 5.32 Å². The molecule has 0 spiro atoms. The van der Waals surface area contributed by atoms with Gasteiger partial charge in [-0.3, -0.25) is 9.59 Å². The second kappa shape index (κ2) is 13.2. The Morgan fingerprint density at radius 1 is 1.00 bits per heavy atom. The van der Waals surface area contributed by atoms with Crippen LogP contribution >= 0.6 is 0 Å². The summed E-state index contributed by atoms with van der Waals surface area (Å²) in [6.45, 7) is 3.19. The molecule has 0 radical (unpaired) electrons. The molecule has 0 aliphatic heterocycles. The third-order valence-corrected chi connectivity index (χ3v) is 8.31. The summed E-state index contributed by atoms with van der Waals surface area (Å²) in [6, 6.07) is 25.9.